The summed E-state index contributed by atoms with van der Waals surface area (Å²) in [7, 11) is 2.56. The summed E-state index contributed by atoms with van der Waals surface area (Å²) in [5.74, 6) is -5.27. The van der Waals surface area contributed by atoms with Gasteiger partial charge in [0.1, 0.15) is 36.3 Å². The quantitative estimate of drug-likeness (QED) is 0.0238. The molecule has 0 aliphatic rings. The first kappa shape index (κ1) is 58.6. The van der Waals surface area contributed by atoms with Crippen LogP contribution in [-0.4, -0.2) is 147 Å². The third-order valence-corrected chi connectivity index (χ3v) is 13.6. The van der Waals surface area contributed by atoms with Crippen LogP contribution in [0.3, 0.4) is 0 Å². The number of nitrogens with one attached hydrogen (secondary N) is 8. The second-order valence-electron chi connectivity index (χ2n) is 17.5. The Labute approximate surface area is 427 Å². The summed E-state index contributed by atoms with van der Waals surface area (Å²) in [6.45, 7) is 3.79. The molecule has 10 atom stereocenters. The highest BCUT2D eigenvalue weighted by Gasteiger charge is 2.35. The highest BCUT2D eigenvalue weighted by atomic mass is 33.1. The number of para-hydroxylation sites is 1. The van der Waals surface area contributed by atoms with Gasteiger partial charge in [0.15, 0.2) is 0 Å². The molecule has 1 aromatic heterocycles. The molecule has 0 radical (unpaired) electrons. The lowest BCUT2D eigenvalue weighted by Gasteiger charge is -2.29. The van der Waals surface area contributed by atoms with E-state index in [0.29, 0.717) is 24.0 Å². The van der Waals surface area contributed by atoms with E-state index in [1.165, 1.54) is 42.4 Å². The number of aromatic amines is 1. The number of nitrogens with two attached hydrogens (primary N) is 2. The Morgan fingerprint density at radius 3 is 1.74 bits per heavy atom. The number of aliphatic hydroxyl groups is 3. The number of carbonyl (C=O) groups is 7. The Hall–Kier alpha value is -6.01. The molecule has 2 unspecified atom stereocenters. The zero-order valence-electron chi connectivity index (χ0n) is 41.0. The molecule has 0 aliphatic carbocycles. The van der Waals surface area contributed by atoms with Crippen LogP contribution >= 0.6 is 21.6 Å². The first-order valence-electron chi connectivity index (χ1n) is 23.8. The molecule has 0 saturated heterocycles. The summed E-state index contributed by atoms with van der Waals surface area (Å²) in [6, 6.07) is 15.4. The first-order chi connectivity index (χ1) is 34.4. The van der Waals surface area contributed by atoms with Gasteiger partial charge in [-0.3, -0.25) is 33.6 Å². The summed E-state index contributed by atoms with van der Waals surface area (Å²) in [4.78, 5) is 100. The Balaban J connectivity index is 1.60. The lowest BCUT2D eigenvalue weighted by atomic mass is 10.0. The molecule has 1 heterocycles. The Kier molecular flexibility index (Phi) is 24.5. The molecule has 0 aliphatic heterocycles. The van der Waals surface area contributed by atoms with Crippen LogP contribution in [0.5, 0.6) is 0 Å². The number of unbranched alkanes of at least 4 members (excludes halogenated alkanes) is 1. The van der Waals surface area contributed by atoms with Gasteiger partial charge in [0.25, 0.3) is 0 Å². The van der Waals surface area contributed by atoms with E-state index < -0.39 is 108 Å². The van der Waals surface area contributed by atoms with Gasteiger partial charge in [-0.05, 0) is 82.0 Å². The minimum atomic E-state index is -1.62. The normalized spacial score (nSPS) is 15.5. The van der Waals surface area contributed by atoms with Gasteiger partial charge in [-0.25, -0.2) is 0 Å². The van der Waals surface area contributed by atoms with Crippen molar-refractivity contribution in [3.63, 3.8) is 0 Å². The maximum atomic E-state index is 14.7. The second-order valence-corrected chi connectivity index (χ2v) is 20.1. The molecule has 72 heavy (non-hydrogen) atoms. The molecule has 0 bridgehead atoms. The van der Waals surface area contributed by atoms with Crippen LogP contribution in [0.1, 0.15) is 56.7 Å². The molecule has 4 rings (SSSR count). The lowest BCUT2D eigenvalue weighted by molar-refractivity contribution is -0.136. The number of carbonyl (C=O) groups excluding carboxylic acids is 7. The van der Waals surface area contributed by atoms with Gasteiger partial charge < -0.3 is 69.0 Å². The zero-order valence-corrected chi connectivity index (χ0v) is 42.6. The largest absolute Gasteiger partial charge is 0.394 e. The van der Waals surface area contributed by atoms with Crippen molar-refractivity contribution >= 4 is 73.8 Å². The summed E-state index contributed by atoms with van der Waals surface area (Å²) in [5, 5.41) is 49.8. The van der Waals surface area contributed by atoms with E-state index in [0.717, 1.165) is 16.5 Å². The van der Waals surface area contributed by atoms with E-state index in [-0.39, 0.29) is 38.0 Å². The third kappa shape index (κ3) is 18.6. The lowest BCUT2D eigenvalue weighted by Crippen LogP contribution is -2.62. The topological polar surface area (TPSA) is 332 Å². The molecule has 392 valence electrons. The van der Waals surface area contributed by atoms with E-state index in [4.69, 9.17) is 11.5 Å². The number of H-pyrrole nitrogens is 1. The SMILES string of the molecule is CSSC[C@H](NC(=O)C(NC(=O)[C@H](CCCCN)NC(=O)[C@@H](Cc1c[nH]c2ccccc12)NC(=O)[C@H](Cc1ccccc1)NC(=O)[C@H](C)NC(=O)[C@H](N)Cc1ccccc1)[C@@H](C)O)C(=O)NC(CO)[C@@H](C)O. The van der Waals surface area contributed by atoms with Crippen molar-refractivity contribution < 1.29 is 48.9 Å². The maximum absolute atomic E-state index is 14.7. The molecule has 20 nitrogen and oxygen atoms in total. The number of amides is 7. The van der Waals surface area contributed by atoms with Crippen LogP contribution < -0.4 is 48.7 Å². The molecular weight excluding hydrogens is 965 g/mol. The number of aliphatic hydroxyl groups excluding tert-OH is 3. The molecule has 3 aromatic carbocycles. The van der Waals surface area contributed by atoms with E-state index in [1.54, 1.807) is 42.8 Å². The van der Waals surface area contributed by atoms with Gasteiger partial charge in [0.2, 0.25) is 41.4 Å². The highest BCUT2D eigenvalue weighted by molar-refractivity contribution is 8.76. The van der Waals surface area contributed by atoms with Crippen molar-refractivity contribution in [2.45, 2.75) is 120 Å². The second kappa shape index (κ2) is 30.1. The number of rotatable bonds is 30. The summed E-state index contributed by atoms with van der Waals surface area (Å²) in [5.41, 5.74) is 14.9. The van der Waals surface area contributed by atoms with Crippen LogP contribution in [-0.2, 0) is 52.8 Å². The van der Waals surface area contributed by atoms with Crippen LogP contribution in [0.15, 0.2) is 91.1 Å². The Morgan fingerprint density at radius 1 is 0.597 bits per heavy atom. The fourth-order valence-corrected chi connectivity index (χ4v) is 8.90. The van der Waals surface area contributed by atoms with Crippen molar-refractivity contribution in [3.8, 4) is 0 Å². The summed E-state index contributed by atoms with van der Waals surface area (Å²) >= 11 is 0. The van der Waals surface area contributed by atoms with E-state index in [9.17, 15) is 48.9 Å². The summed E-state index contributed by atoms with van der Waals surface area (Å²) < 4.78 is 0. The van der Waals surface area contributed by atoms with E-state index >= 15 is 0 Å². The highest BCUT2D eigenvalue weighted by Crippen LogP contribution is 2.21. The molecule has 0 fully saturated rings. The van der Waals surface area contributed by atoms with Gasteiger partial charge >= 0.3 is 0 Å². The van der Waals surface area contributed by atoms with Crippen molar-refractivity contribution in [1.82, 2.24) is 42.2 Å². The van der Waals surface area contributed by atoms with Crippen LogP contribution in [0.25, 0.3) is 10.9 Å². The smallest absolute Gasteiger partial charge is 0.245 e. The minimum Gasteiger partial charge on any atom is -0.394 e. The van der Waals surface area contributed by atoms with E-state index in [1.807, 2.05) is 54.6 Å². The maximum Gasteiger partial charge on any atom is 0.245 e. The number of benzene rings is 3. The van der Waals surface area contributed by atoms with Gasteiger partial charge in [0, 0.05) is 35.7 Å². The fourth-order valence-electron chi connectivity index (χ4n) is 7.58. The average Bonchev–Trinajstić information content (AvgIpc) is 3.77. The molecule has 7 amide bonds. The first-order valence-corrected chi connectivity index (χ1v) is 26.5. The number of aromatic nitrogens is 1. The molecule has 15 N–H and O–H groups in total. The monoisotopic (exact) mass is 1030 g/mol. The zero-order chi connectivity index (χ0) is 52.7. The van der Waals surface area contributed by atoms with Crippen LogP contribution in [0.2, 0.25) is 0 Å². The molecule has 22 heteroatoms. The third-order valence-electron chi connectivity index (χ3n) is 11.8. The van der Waals surface area contributed by atoms with Crippen molar-refractivity contribution in [3.05, 3.63) is 108 Å². The van der Waals surface area contributed by atoms with Gasteiger partial charge in [0.05, 0.1) is 30.9 Å². The van der Waals surface area contributed by atoms with Crippen LogP contribution in [0, 0.1) is 0 Å². The van der Waals surface area contributed by atoms with Gasteiger partial charge in [-0.15, -0.1) is 0 Å². The number of fused-ring (bicyclic) bond motifs is 1. The number of hydrogen-bond acceptors (Lipinski definition) is 14. The van der Waals surface area contributed by atoms with E-state index in [2.05, 4.69) is 42.2 Å². The van der Waals surface area contributed by atoms with Crippen molar-refractivity contribution in [2.24, 2.45) is 11.5 Å². The minimum absolute atomic E-state index is 0.0119. The number of hydrogen-bond donors (Lipinski definition) is 13. The predicted molar refractivity (Wildman–Crippen MR) is 279 cm³/mol. The molecule has 4 aromatic rings. The van der Waals surface area contributed by atoms with Crippen molar-refractivity contribution in [2.75, 3.05) is 25.2 Å². The van der Waals surface area contributed by atoms with Crippen molar-refractivity contribution in [1.29, 1.82) is 0 Å². The average molecular weight is 1040 g/mol. The molecule has 0 saturated carbocycles. The standard InChI is InChI=1S/C50H70N10O10S2/c1-29(54-45(65)36(52)23-32-15-7-5-8-16-32)44(64)56-39(24-33-17-9-6-10-18-33)47(67)57-40(25-34-26-53-37-20-12-11-19-35(34)37)48(68)55-38(21-13-14-22-51)46(66)60-43(31(3)63)50(70)59-42(28-72-71-4)49(69)58-41(27-61)30(2)62/h5-12,15-20,26,29-31,36,38-43,53,61-63H,13-14,21-25,27-28,51-52H2,1-4H3,(H,54,65)(H,55,68)(H,56,64)(H,57,67)(H,58,69)(H,59,70)(H,60,66)/t29-,30+,31+,36+,38-,39-,40+,41?,42-,43?/m0/s1. The molecular formula is C50H70N10O10S2. The summed E-state index contributed by atoms with van der Waals surface area (Å²) in [6.07, 6.45) is 1.81. The van der Waals surface area contributed by atoms with Crippen LogP contribution in [0.4, 0.5) is 0 Å². The van der Waals surface area contributed by atoms with Gasteiger partial charge in [-0.1, -0.05) is 100 Å². The fraction of sp³-hybridized carbons (Fsp3) is 0.460. The molecule has 0 spiro atoms. The van der Waals surface area contributed by atoms with Gasteiger partial charge in [-0.2, -0.15) is 0 Å². The predicted octanol–water partition coefficient (Wildman–Crippen LogP) is -0.169. The Bertz CT molecular complexity index is 2380. The Morgan fingerprint density at radius 2 is 1.14 bits per heavy atom.